The molecule has 0 aromatic heterocycles. The Labute approximate surface area is 117 Å². The van der Waals surface area contributed by atoms with Crippen LogP contribution in [0.2, 0.25) is 0 Å². The molecule has 0 spiro atoms. The molecule has 1 aromatic rings. The van der Waals surface area contributed by atoms with Crippen molar-refractivity contribution in [3.8, 4) is 5.75 Å². The minimum absolute atomic E-state index is 0.0267. The Morgan fingerprint density at radius 2 is 2.11 bits per heavy atom. The van der Waals surface area contributed by atoms with Gasteiger partial charge in [-0.3, -0.25) is 0 Å². The predicted molar refractivity (Wildman–Crippen MR) is 80.9 cm³/mol. The van der Waals surface area contributed by atoms with Crippen LogP contribution in [0.3, 0.4) is 0 Å². The summed E-state index contributed by atoms with van der Waals surface area (Å²) in [5.74, 6) is 1.87. The highest BCUT2D eigenvalue weighted by atomic mass is 16.5. The van der Waals surface area contributed by atoms with Gasteiger partial charge in [0.15, 0.2) is 0 Å². The van der Waals surface area contributed by atoms with E-state index in [9.17, 15) is 0 Å². The van der Waals surface area contributed by atoms with Gasteiger partial charge < -0.3 is 10.1 Å². The van der Waals surface area contributed by atoms with Crippen LogP contribution in [0.25, 0.3) is 0 Å². The Balaban J connectivity index is 1.90. The second-order valence-corrected chi connectivity index (χ2v) is 6.52. The third-order valence-electron chi connectivity index (χ3n) is 3.94. The van der Waals surface area contributed by atoms with Crippen molar-refractivity contribution in [3.05, 3.63) is 29.3 Å². The van der Waals surface area contributed by atoms with Crippen LogP contribution in [0.4, 0.5) is 0 Å². The lowest BCUT2D eigenvalue weighted by Gasteiger charge is -2.16. The average Bonchev–Trinajstić information content (AvgIpc) is 2.66. The molecule has 19 heavy (non-hydrogen) atoms. The van der Waals surface area contributed by atoms with Gasteiger partial charge in [-0.05, 0) is 69.8 Å². The fourth-order valence-corrected chi connectivity index (χ4v) is 2.77. The van der Waals surface area contributed by atoms with Crippen LogP contribution < -0.4 is 10.1 Å². The quantitative estimate of drug-likeness (QED) is 0.845. The SMILES string of the molecule is CNCCC(C)CCc1ccc2c(c1)CC(C)(C)O2. The van der Waals surface area contributed by atoms with E-state index < -0.39 is 0 Å². The minimum atomic E-state index is -0.0267. The molecular weight excluding hydrogens is 234 g/mol. The van der Waals surface area contributed by atoms with E-state index in [-0.39, 0.29) is 5.60 Å². The minimum Gasteiger partial charge on any atom is -0.487 e. The van der Waals surface area contributed by atoms with Gasteiger partial charge in [-0.25, -0.2) is 0 Å². The first-order valence-corrected chi connectivity index (χ1v) is 7.45. The highest BCUT2D eigenvalue weighted by molar-refractivity contribution is 5.41. The van der Waals surface area contributed by atoms with Gasteiger partial charge in [0.1, 0.15) is 11.4 Å². The fourth-order valence-electron chi connectivity index (χ4n) is 2.77. The molecule has 1 atom stereocenters. The molecule has 0 amide bonds. The van der Waals surface area contributed by atoms with E-state index in [1.807, 2.05) is 7.05 Å². The predicted octanol–water partition coefficient (Wildman–Crippen LogP) is 3.58. The topological polar surface area (TPSA) is 21.3 Å². The smallest absolute Gasteiger partial charge is 0.123 e. The van der Waals surface area contributed by atoms with Gasteiger partial charge in [0, 0.05) is 6.42 Å². The van der Waals surface area contributed by atoms with Crippen LogP contribution in [0.1, 0.15) is 44.7 Å². The number of hydrogen-bond donors (Lipinski definition) is 1. The molecule has 2 nitrogen and oxygen atoms in total. The number of rotatable bonds is 6. The third kappa shape index (κ3) is 3.97. The highest BCUT2D eigenvalue weighted by Crippen LogP contribution is 2.35. The summed E-state index contributed by atoms with van der Waals surface area (Å²) in [6.45, 7) is 7.78. The maximum absolute atomic E-state index is 5.92. The largest absolute Gasteiger partial charge is 0.487 e. The van der Waals surface area contributed by atoms with Crippen molar-refractivity contribution in [1.29, 1.82) is 0 Å². The molecule has 1 N–H and O–H groups in total. The summed E-state index contributed by atoms with van der Waals surface area (Å²) in [7, 11) is 2.02. The van der Waals surface area contributed by atoms with Gasteiger partial charge in [-0.1, -0.05) is 19.1 Å². The van der Waals surface area contributed by atoms with Crippen LogP contribution in [0.15, 0.2) is 18.2 Å². The Hall–Kier alpha value is -1.02. The zero-order valence-electron chi connectivity index (χ0n) is 12.8. The Morgan fingerprint density at radius 1 is 1.32 bits per heavy atom. The summed E-state index contributed by atoms with van der Waals surface area (Å²) < 4.78 is 5.92. The van der Waals surface area contributed by atoms with Crippen molar-refractivity contribution in [2.24, 2.45) is 5.92 Å². The van der Waals surface area contributed by atoms with E-state index in [4.69, 9.17) is 4.74 Å². The Bertz CT molecular complexity index is 425. The maximum Gasteiger partial charge on any atom is 0.123 e. The first kappa shape index (κ1) is 14.4. The van der Waals surface area contributed by atoms with Crippen LogP contribution in [-0.4, -0.2) is 19.2 Å². The summed E-state index contributed by atoms with van der Waals surface area (Å²) in [5.41, 5.74) is 2.81. The van der Waals surface area contributed by atoms with E-state index in [0.717, 1.165) is 24.6 Å². The summed E-state index contributed by atoms with van der Waals surface area (Å²) >= 11 is 0. The standard InChI is InChI=1S/C17H27NO/c1-13(9-10-18-4)5-6-14-7-8-16-15(11-14)12-17(2,3)19-16/h7-8,11,13,18H,5-6,9-10,12H2,1-4H3. The maximum atomic E-state index is 5.92. The first-order chi connectivity index (χ1) is 9.00. The molecule has 0 fully saturated rings. The molecule has 2 rings (SSSR count). The van der Waals surface area contributed by atoms with E-state index in [1.165, 1.54) is 30.4 Å². The van der Waals surface area contributed by atoms with E-state index >= 15 is 0 Å². The van der Waals surface area contributed by atoms with Crippen LogP contribution in [-0.2, 0) is 12.8 Å². The van der Waals surface area contributed by atoms with Gasteiger partial charge >= 0.3 is 0 Å². The number of hydrogen-bond acceptors (Lipinski definition) is 2. The molecule has 1 unspecified atom stereocenters. The van der Waals surface area contributed by atoms with Crippen LogP contribution >= 0.6 is 0 Å². The van der Waals surface area contributed by atoms with Gasteiger partial charge in [0.05, 0.1) is 0 Å². The molecule has 1 aliphatic rings. The fraction of sp³-hybridized carbons (Fsp3) is 0.647. The monoisotopic (exact) mass is 261 g/mol. The second kappa shape index (κ2) is 5.96. The van der Waals surface area contributed by atoms with Crippen molar-refractivity contribution in [2.75, 3.05) is 13.6 Å². The van der Waals surface area contributed by atoms with Crippen molar-refractivity contribution in [2.45, 2.75) is 52.1 Å². The zero-order valence-corrected chi connectivity index (χ0v) is 12.8. The summed E-state index contributed by atoms with van der Waals surface area (Å²) in [6, 6.07) is 6.72. The lowest BCUT2D eigenvalue weighted by Crippen LogP contribution is -2.24. The molecule has 0 bridgehead atoms. The molecule has 0 saturated carbocycles. The molecule has 2 heteroatoms. The molecule has 0 aliphatic carbocycles. The lowest BCUT2D eigenvalue weighted by atomic mass is 9.95. The normalized spacial score (nSPS) is 17.9. The molecule has 1 heterocycles. The summed E-state index contributed by atoms with van der Waals surface area (Å²) in [4.78, 5) is 0. The average molecular weight is 261 g/mol. The van der Waals surface area contributed by atoms with Crippen LogP contribution in [0, 0.1) is 5.92 Å². The van der Waals surface area contributed by atoms with Crippen molar-refractivity contribution < 1.29 is 4.74 Å². The van der Waals surface area contributed by atoms with Gasteiger partial charge in [0.25, 0.3) is 0 Å². The Kier molecular flexibility index (Phi) is 4.51. The second-order valence-electron chi connectivity index (χ2n) is 6.52. The van der Waals surface area contributed by atoms with Crippen molar-refractivity contribution >= 4 is 0 Å². The lowest BCUT2D eigenvalue weighted by molar-refractivity contribution is 0.138. The van der Waals surface area contributed by atoms with Crippen molar-refractivity contribution in [3.63, 3.8) is 0 Å². The molecule has 106 valence electrons. The van der Waals surface area contributed by atoms with Gasteiger partial charge in [-0.2, -0.15) is 0 Å². The molecule has 0 saturated heterocycles. The third-order valence-corrected chi connectivity index (χ3v) is 3.94. The van der Waals surface area contributed by atoms with Gasteiger partial charge in [-0.15, -0.1) is 0 Å². The molecule has 1 aromatic carbocycles. The zero-order chi connectivity index (χ0) is 13.9. The number of benzene rings is 1. The van der Waals surface area contributed by atoms with E-state index in [1.54, 1.807) is 0 Å². The van der Waals surface area contributed by atoms with Gasteiger partial charge in [0.2, 0.25) is 0 Å². The first-order valence-electron chi connectivity index (χ1n) is 7.45. The molecule has 1 aliphatic heterocycles. The summed E-state index contributed by atoms with van der Waals surface area (Å²) in [6.07, 6.45) is 4.74. The number of fused-ring (bicyclic) bond motifs is 1. The number of nitrogens with one attached hydrogen (secondary N) is 1. The van der Waals surface area contributed by atoms with Crippen LogP contribution in [0.5, 0.6) is 5.75 Å². The number of ether oxygens (including phenoxy) is 1. The summed E-state index contributed by atoms with van der Waals surface area (Å²) in [5, 5.41) is 3.22. The molecular formula is C17H27NO. The Morgan fingerprint density at radius 3 is 2.84 bits per heavy atom. The van der Waals surface area contributed by atoms with E-state index in [0.29, 0.717) is 0 Å². The van der Waals surface area contributed by atoms with Crippen molar-refractivity contribution in [1.82, 2.24) is 5.32 Å². The highest BCUT2D eigenvalue weighted by Gasteiger charge is 2.29. The molecule has 0 radical (unpaired) electrons. The number of aryl methyl sites for hydroxylation is 1. The van der Waals surface area contributed by atoms with E-state index in [2.05, 4.69) is 44.3 Å².